The van der Waals surface area contributed by atoms with Crippen molar-refractivity contribution in [1.82, 2.24) is 25.0 Å². The van der Waals surface area contributed by atoms with Gasteiger partial charge in [-0.15, -0.1) is 10.2 Å². The summed E-state index contributed by atoms with van der Waals surface area (Å²) in [7, 11) is 1.61. The van der Waals surface area contributed by atoms with E-state index in [-0.39, 0.29) is 5.91 Å². The van der Waals surface area contributed by atoms with Gasteiger partial charge in [0, 0.05) is 51.1 Å². The van der Waals surface area contributed by atoms with Crippen LogP contribution in [0.2, 0.25) is 0 Å². The van der Waals surface area contributed by atoms with Crippen LogP contribution in [0.3, 0.4) is 0 Å². The topological polar surface area (TPSA) is 90.7 Å². The Morgan fingerprint density at radius 1 is 1.08 bits per heavy atom. The monoisotopic (exact) mass is 491 g/mol. The average Bonchev–Trinajstić information content (AvgIpc) is 3.46. The fourth-order valence-electron chi connectivity index (χ4n) is 4.90. The molecule has 0 unspecified atom stereocenters. The molecule has 0 saturated heterocycles. The number of methoxy groups -OCH3 is 1. The van der Waals surface area contributed by atoms with Gasteiger partial charge in [0.15, 0.2) is 11.5 Å². The first-order chi connectivity index (χ1) is 17.6. The molecule has 9 nitrogen and oxygen atoms in total. The molecule has 0 aliphatic carbocycles. The Morgan fingerprint density at radius 3 is 2.75 bits per heavy atom. The van der Waals surface area contributed by atoms with Crippen LogP contribution in [-0.4, -0.2) is 65.7 Å². The Hall–Kier alpha value is -3.59. The van der Waals surface area contributed by atoms with Crippen molar-refractivity contribution in [1.29, 1.82) is 0 Å². The van der Waals surface area contributed by atoms with Gasteiger partial charge in [0.05, 0.1) is 7.11 Å². The molecule has 9 heteroatoms. The van der Waals surface area contributed by atoms with Gasteiger partial charge < -0.3 is 29.0 Å². The quantitative estimate of drug-likeness (QED) is 0.492. The minimum absolute atomic E-state index is 0.101. The molecule has 1 N–H and O–H groups in total. The van der Waals surface area contributed by atoms with Gasteiger partial charge in [0.1, 0.15) is 17.4 Å². The Balaban J connectivity index is 1.10. The van der Waals surface area contributed by atoms with Crippen LogP contribution in [0.1, 0.15) is 34.5 Å². The zero-order valence-electron chi connectivity index (χ0n) is 20.9. The molecule has 1 amide bonds. The van der Waals surface area contributed by atoms with Crippen molar-refractivity contribution in [2.45, 2.75) is 32.7 Å². The number of carbonyl (C=O) groups excluding carboxylic acids is 1. The highest BCUT2D eigenvalue weighted by atomic mass is 16.7. The van der Waals surface area contributed by atoms with E-state index in [1.54, 1.807) is 31.4 Å². The number of carbonyl (C=O) groups is 1. The molecule has 190 valence electrons. The Kier molecular flexibility index (Phi) is 7.36. The van der Waals surface area contributed by atoms with Crippen molar-refractivity contribution < 1.29 is 19.0 Å². The predicted molar refractivity (Wildman–Crippen MR) is 135 cm³/mol. The van der Waals surface area contributed by atoms with Gasteiger partial charge in [0.25, 0.3) is 5.91 Å². The van der Waals surface area contributed by atoms with E-state index in [0.29, 0.717) is 31.2 Å². The van der Waals surface area contributed by atoms with Crippen LogP contribution < -0.4 is 19.5 Å². The number of ether oxygens (including phenoxy) is 3. The number of hydrogen-bond acceptors (Lipinski definition) is 7. The molecule has 2 aromatic carbocycles. The molecular formula is C27H33N5O4. The maximum Gasteiger partial charge on any atom is 0.251 e. The van der Waals surface area contributed by atoms with E-state index in [0.717, 1.165) is 67.9 Å². The fourth-order valence-corrected chi connectivity index (χ4v) is 4.90. The minimum atomic E-state index is -0.101. The molecule has 3 aromatic rings. The summed E-state index contributed by atoms with van der Waals surface area (Å²) in [6, 6.07) is 13.3. The van der Waals surface area contributed by atoms with Crippen LogP contribution >= 0.6 is 0 Å². The average molecular weight is 492 g/mol. The molecule has 1 atom stereocenters. The Labute approximate surface area is 211 Å². The molecule has 0 fully saturated rings. The van der Waals surface area contributed by atoms with Gasteiger partial charge in [-0.05, 0) is 54.3 Å². The van der Waals surface area contributed by atoms with E-state index >= 15 is 0 Å². The Morgan fingerprint density at radius 2 is 1.92 bits per heavy atom. The minimum Gasteiger partial charge on any atom is -0.497 e. The van der Waals surface area contributed by atoms with E-state index in [1.807, 2.05) is 6.07 Å². The first-order valence-corrected chi connectivity index (χ1v) is 12.5. The van der Waals surface area contributed by atoms with E-state index in [4.69, 9.17) is 14.2 Å². The van der Waals surface area contributed by atoms with Crippen molar-refractivity contribution in [3.8, 4) is 17.2 Å². The summed E-state index contributed by atoms with van der Waals surface area (Å²) in [4.78, 5) is 14.9. The fraction of sp³-hybridized carbons (Fsp3) is 0.444. The molecule has 0 radical (unpaired) electrons. The third kappa shape index (κ3) is 5.62. The molecule has 0 saturated carbocycles. The number of aromatic nitrogens is 3. The van der Waals surface area contributed by atoms with E-state index in [1.165, 1.54) is 5.56 Å². The molecule has 2 aliphatic rings. The molecule has 5 rings (SSSR count). The van der Waals surface area contributed by atoms with Crippen molar-refractivity contribution >= 4 is 5.91 Å². The highest BCUT2D eigenvalue weighted by molar-refractivity contribution is 5.94. The lowest BCUT2D eigenvalue weighted by Crippen LogP contribution is -2.32. The van der Waals surface area contributed by atoms with Gasteiger partial charge in [-0.2, -0.15) is 0 Å². The van der Waals surface area contributed by atoms with Gasteiger partial charge >= 0.3 is 0 Å². The first-order valence-electron chi connectivity index (χ1n) is 12.5. The summed E-state index contributed by atoms with van der Waals surface area (Å²) in [5.74, 6) is 4.78. The molecule has 0 spiro atoms. The number of nitrogens with one attached hydrogen (secondary N) is 1. The van der Waals surface area contributed by atoms with Crippen molar-refractivity contribution in [3.63, 3.8) is 0 Å². The Bertz CT molecular complexity index is 1190. The number of fused-ring (bicyclic) bond motifs is 2. The normalized spacial score (nSPS) is 15.7. The largest absolute Gasteiger partial charge is 0.497 e. The summed E-state index contributed by atoms with van der Waals surface area (Å²) in [6.45, 7) is 6.94. The summed E-state index contributed by atoms with van der Waals surface area (Å²) >= 11 is 0. The van der Waals surface area contributed by atoms with E-state index in [2.05, 4.69) is 44.0 Å². The van der Waals surface area contributed by atoms with Gasteiger partial charge in [-0.1, -0.05) is 13.0 Å². The van der Waals surface area contributed by atoms with Gasteiger partial charge in [-0.25, -0.2) is 0 Å². The SMILES string of the molecule is COc1ccc(C(=O)NCCc2nnc3n2CCN(C[C@@H](C)Cc2ccc4c(c2)OCO4)CC3)cc1. The maximum atomic E-state index is 12.4. The standard InChI is InChI=1S/C27H33N5O4/c1-19(15-20-3-8-23-24(16-20)36-18-35-23)17-31-12-10-26-30-29-25(32(26)14-13-31)9-11-28-27(33)21-4-6-22(34-2)7-5-21/h3-8,16,19H,9-15,17-18H2,1-2H3,(H,28,33)/t19-/m0/s1. The van der Waals surface area contributed by atoms with Crippen LogP contribution in [0.25, 0.3) is 0 Å². The second-order valence-electron chi connectivity index (χ2n) is 9.47. The zero-order chi connectivity index (χ0) is 24.9. The number of nitrogens with zero attached hydrogens (tertiary/aromatic N) is 4. The summed E-state index contributed by atoms with van der Waals surface area (Å²) in [6.07, 6.45) is 2.52. The highest BCUT2D eigenvalue weighted by Crippen LogP contribution is 2.33. The smallest absolute Gasteiger partial charge is 0.251 e. The lowest BCUT2D eigenvalue weighted by Gasteiger charge is -2.24. The van der Waals surface area contributed by atoms with Crippen LogP contribution in [0.5, 0.6) is 17.2 Å². The predicted octanol–water partition coefficient (Wildman–Crippen LogP) is 2.72. The second kappa shape index (κ2) is 11.0. The number of hydrogen-bond donors (Lipinski definition) is 1. The number of amides is 1. The third-order valence-corrected chi connectivity index (χ3v) is 6.77. The zero-order valence-corrected chi connectivity index (χ0v) is 20.9. The number of benzene rings is 2. The summed E-state index contributed by atoms with van der Waals surface area (Å²) in [5, 5.41) is 11.8. The molecule has 3 heterocycles. The van der Waals surface area contributed by atoms with Gasteiger partial charge in [-0.3, -0.25) is 4.79 Å². The van der Waals surface area contributed by atoms with E-state index < -0.39 is 0 Å². The van der Waals surface area contributed by atoms with Gasteiger partial charge in [0.2, 0.25) is 6.79 Å². The molecular weight excluding hydrogens is 458 g/mol. The molecule has 1 aromatic heterocycles. The molecule has 36 heavy (non-hydrogen) atoms. The summed E-state index contributed by atoms with van der Waals surface area (Å²) in [5.41, 5.74) is 1.89. The van der Waals surface area contributed by atoms with Crippen molar-refractivity contribution in [3.05, 3.63) is 65.2 Å². The molecule has 2 aliphatic heterocycles. The van der Waals surface area contributed by atoms with E-state index in [9.17, 15) is 4.79 Å². The van der Waals surface area contributed by atoms with Crippen LogP contribution in [0, 0.1) is 5.92 Å². The van der Waals surface area contributed by atoms with Crippen molar-refractivity contribution in [2.24, 2.45) is 5.92 Å². The third-order valence-electron chi connectivity index (χ3n) is 6.77. The maximum absolute atomic E-state index is 12.4. The van der Waals surface area contributed by atoms with Crippen molar-refractivity contribution in [2.75, 3.05) is 40.1 Å². The van der Waals surface area contributed by atoms with Crippen LogP contribution in [-0.2, 0) is 25.8 Å². The lowest BCUT2D eigenvalue weighted by molar-refractivity contribution is 0.0954. The van der Waals surface area contributed by atoms with Crippen LogP contribution in [0.4, 0.5) is 0 Å². The highest BCUT2D eigenvalue weighted by Gasteiger charge is 2.21. The first kappa shape index (κ1) is 24.1. The number of rotatable bonds is 9. The van der Waals surface area contributed by atoms with Crippen LogP contribution in [0.15, 0.2) is 42.5 Å². The molecule has 0 bridgehead atoms. The second-order valence-corrected chi connectivity index (χ2v) is 9.47. The summed E-state index contributed by atoms with van der Waals surface area (Å²) < 4.78 is 18.3. The lowest BCUT2D eigenvalue weighted by atomic mass is 10.00.